The molecule has 0 spiro atoms. The van der Waals surface area contributed by atoms with E-state index in [1.165, 1.54) is 5.56 Å². The first kappa shape index (κ1) is 13.6. The maximum Gasteiger partial charge on any atom is 0.227 e. The molecule has 1 aromatic carbocycles. The molecule has 2 atom stereocenters. The van der Waals surface area contributed by atoms with Crippen molar-refractivity contribution in [1.82, 2.24) is 4.90 Å². The number of aryl methyl sites for hydroxylation is 1. The van der Waals surface area contributed by atoms with E-state index in [1.54, 1.807) is 0 Å². The lowest BCUT2D eigenvalue weighted by atomic mass is 10.0. The lowest BCUT2D eigenvalue weighted by Crippen LogP contribution is -2.37. The second kappa shape index (κ2) is 4.86. The SMILES string of the molecule is Cc1cccc(CC(=O)N2CC3C(C2)C3(CO)CO)c1. The first-order valence-corrected chi connectivity index (χ1v) is 7.16. The third kappa shape index (κ3) is 2.03. The molecule has 1 saturated carbocycles. The summed E-state index contributed by atoms with van der Waals surface area (Å²) in [6.45, 7) is 3.43. The molecule has 2 N–H and O–H groups in total. The molecule has 1 saturated heterocycles. The highest BCUT2D eigenvalue weighted by molar-refractivity contribution is 5.79. The highest BCUT2D eigenvalue weighted by atomic mass is 16.3. The van der Waals surface area contributed by atoms with E-state index < -0.39 is 0 Å². The minimum absolute atomic E-state index is 0.0265. The lowest BCUT2D eigenvalue weighted by Gasteiger charge is -2.24. The van der Waals surface area contributed by atoms with Crippen LogP contribution in [0.25, 0.3) is 0 Å². The van der Waals surface area contributed by atoms with Gasteiger partial charge in [-0.2, -0.15) is 0 Å². The Morgan fingerprint density at radius 3 is 2.50 bits per heavy atom. The normalized spacial score (nSPS) is 26.4. The average Bonchev–Trinajstić information content (AvgIpc) is 2.80. The first-order valence-electron chi connectivity index (χ1n) is 7.16. The van der Waals surface area contributed by atoms with Crippen LogP contribution in [0.2, 0.25) is 0 Å². The van der Waals surface area contributed by atoms with Crippen LogP contribution in [-0.4, -0.2) is 47.3 Å². The van der Waals surface area contributed by atoms with Gasteiger partial charge in [0.1, 0.15) is 0 Å². The van der Waals surface area contributed by atoms with Gasteiger partial charge >= 0.3 is 0 Å². The molecular weight excluding hydrogens is 254 g/mol. The number of nitrogens with zero attached hydrogens (tertiary/aromatic N) is 1. The summed E-state index contributed by atoms with van der Waals surface area (Å²) in [5, 5.41) is 18.8. The number of hydrogen-bond acceptors (Lipinski definition) is 3. The van der Waals surface area contributed by atoms with Crippen molar-refractivity contribution < 1.29 is 15.0 Å². The molecule has 0 aromatic heterocycles. The van der Waals surface area contributed by atoms with Gasteiger partial charge in [0.05, 0.1) is 19.6 Å². The van der Waals surface area contributed by atoms with Gasteiger partial charge in [-0.1, -0.05) is 29.8 Å². The van der Waals surface area contributed by atoms with Gasteiger partial charge in [0.15, 0.2) is 0 Å². The van der Waals surface area contributed by atoms with Gasteiger partial charge in [0.25, 0.3) is 0 Å². The first-order chi connectivity index (χ1) is 9.60. The van der Waals surface area contributed by atoms with Crippen molar-refractivity contribution in [3.05, 3.63) is 35.4 Å². The molecule has 1 amide bonds. The fraction of sp³-hybridized carbons (Fsp3) is 0.562. The van der Waals surface area contributed by atoms with Crippen molar-refractivity contribution in [2.24, 2.45) is 17.3 Å². The van der Waals surface area contributed by atoms with Crippen LogP contribution < -0.4 is 0 Å². The zero-order valence-electron chi connectivity index (χ0n) is 11.7. The molecule has 2 aliphatic rings. The van der Waals surface area contributed by atoms with Crippen molar-refractivity contribution in [1.29, 1.82) is 0 Å². The summed E-state index contributed by atoms with van der Waals surface area (Å²) in [5.41, 5.74) is 1.89. The molecule has 2 unspecified atom stereocenters. The second-order valence-corrected chi connectivity index (χ2v) is 6.23. The molecule has 1 heterocycles. The zero-order chi connectivity index (χ0) is 14.3. The number of likely N-dealkylation sites (tertiary alicyclic amines) is 1. The van der Waals surface area contributed by atoms with Crippen LogP contribution in [0.1, 0.15) is 11.1 Å². The van der Waals surface area contributed by atoms with Crippen molar-refractivity contribution in [2.45, 2.75) is 13.3 Å². The molecule has 3 rings (SSSR count). The number of carbonyl (C=O) groups is 1. The van der Waals surface area contributed by atoms with Crippen LogP contribution in [-0.2, 0) is 11.2 Å². The Labute approximate surface area is 119 Å². The summed E-state index contributed by atoms with van der Waals surface area (Å²) >= 11 is 0. The Morgan fingerprint density at radius 1 is 1.30 bits per heavy atom. The summed E-state index contributed by atoms with van der Waals surface area (Å²) in [7, 11) is 0. The maximum absolute atomic E-state index is 12.3. The van der Waals surface area contributed by atoms with Gasteiger partial charge < -0.3 is 15.1 Å². The monoisotopic (exact) mass is 275 g/mol. The summed E-state index contributed by atoms with van der Waals surface area (Å²) in [6.07, 6.45) is 0.437. The van der Waals surface area contributed by atoms with E-state index in [1.807, 2.05) is 36.1 Å². The number of fused-ring (bicyclic) bond motifs is 1. The molecule has 0 radical (unpaired) electrons. The Morgan fingerprint density at radius 2 is 1.95 bits per heavy atom. The third-order valence-electron chi connectivity index (χ3n) is 5.07. The van der Waals surface area contributed by atoms with Crippen molar-refractivity contribution in [2.75, 3.05) is 26.3 Å². The lowest BCUT2D eigenvalue weighted by molar-refractivity contribution is -0.130. The highest BCUT2D eigenvalue weighted by Gasteiger charge is 2.67. The van der Waals surface area contributed by atoms with E-state index in [-0.39, 0.29) is 36.4 Å². The van der Waals surface area contributed by atoms with Crippen molar-refractivity contribution >= 4 is 5.91 Å². The molecular formula is C16H21NO3. The maximum atomic E-state index is 12.3. The van der Waals surface area contributed by atoms with E-state index in [2.05, 4.69) is 0 Å². The van der Waals surface area contributed by atoms with Crippen LogP contribution in [0, 0.1) is 24.2 Å². The number of aliphatic hydroxyl groups is 2. The number of rotatable bonds is 4. The number of hydrogen-bond donors (Lipinski definition) is 2. The predicted octanol–water partition coefficient (Wildman–Crippen LogP) is 0.597. The van der Waals surface area contributed by atoms with Crippen LogP contribution in [0.15, 0.2) is 24.3 Å². The van der Waals surface area contributed by atoms with Gasteiger partial charge in [-0.05, 0) is 24.3 Å². The smallest absolute Gasteiger partial charge is 0.227 e. The molecule has 4 nitrogen and oxygen atoms in total. The molecule has 1 aliphatic carbocycles. The number of amides is 1. The molecule has 20 heavy (non-hydrogen) atoms. The molecule has 4 heteroatoms. The Kier molecular flexibility index (Phi) is 3.30. The van der Waals surface area contributed by atoms with Crippen LogP contribution >= 0.6 is 0 Å². The summed E-state index contributed by atoms with van der Waals surface area (Å²) in [5.74, 6) is 0.700. The van der Waals surface area contributed by atoms with E-state index in [9.17, 15) is 15.0 Å². The second-order valence-electron chi connectivity index (χ2n) is 6.23. The van der Waals surface area contributed by atoms with Gasteiger partial charge in [-0.15, -0.1) is 0 Å². The van der Waals surface area contributed by atoms with E-state index >= 15 is 0 Å². The minimum Gasteiger partial charge on any atom is -0.396 e. The number of carbonyl (C=O) groups excluding carboxylic acids is 1. The third-order valence-corrected chi connectivity index (χ3v) is 5.07. The fourth-order valence-corrected chi connectivity index (χ4v) is 3.67. The van der Waals surface area contributed by atoms with Gasteiger partial charge in [-0.25, -0.2) is 0 Å². The minimum atomic E-state index is -0.319. The molecule has 1 aliphatic heterocycles. The average molecular weight is 275 g/mol. The van der Waals surface area contributed by atoms with Crippen LogP contribution in [0.3, 0.4) is 0 Å². The Balaban J connectivity index is 1.59. The summed E-state index contributed by atoms with van der Waals surface area (Å²) < 4.78 is 0. The number of benzene rings is 1. The summed E-state index contributed by atoms with van der Waals surface area (Å²) in [4.78, 5) is 14.2. The Hall–Kier alpha value is -1.39. The topological polar surface area (TPSA) is 60.8 Å². The summed E-state index contributed by atoms with van der Waals surface area (Å²) in [6, 6.07) is 8.02. The van der Waals surface area contributed by atoms with Crippen molar-refractivity contribution in [3.8, 4) is 0 Å². The number of piperidine rings is 1. The molecule has 108 valence electrons. The predicted molar refractivity (Wildman–Crippen MR) is 75.0 cm³/mol. The quantitative estimate of drug-likeness (QED) is 0.846. The molecule has 2 fully saturated rings. The van der Waals surface area contributed by atoms with Gasteiger partial charge in [-0.3, -0.25) is 4.79 Å². The van der Waals surface area contributed by atoms with E-state index in [0.29, 0.717) is 19.5 Å². The molecule has 1 aromatic rings. The van der Waals surface area contributed by atoms with Gasteiger partial charge in [0, 0.05) is 18.5 Å². The zero-order valence-corrected chi connectivity index (χ0v) is 11.7. The fourth-order valence-electron chi connectivity index (χ4n) is 3.67. The number of aliphatic hydroxyl groups excluding tert-OH is 2. The van der Waals surface area contributed by atoms with Crippen LogP contribution in [0.4, 0.5) is 0 Å². The van der Waals surface area contributed by atoms with Gasteiger partial charge in [0.2, 0.25) is 5.91 Å². The van der Waals surface area contributed by atoms with Crippen molar-refractivity contribution in [3.63, 3.8) is 0 Å². The largest absolute Gasteiger partial charge is 0.396 e. The standard InChI is InChI=1S/C16H21NO3/c1-11-3-2-4-12(5-11)6-15(20)17-7-13-14(8-17)16(13,9-18)10-19/h2-5,13-14,18-19H,6-10H2,1H3. The van der Waals surface area contributed by atoms with E-state index in [0.717, 1.165) is 5.56 Å². The highest BCUT2D eigenvalue weighted by Crippen LogP contribution is 2.61. The van der Waals surface area contributed by atoms with Crippen LogP contribution in [0.5, 0.6) is 0 Å². The van der Waals surface area contributed by atoms with E-state index in [4.69, 9.17) is 0 Å². The molecule has 0 bridgehead atoms. The Bertz CT molecular complexity index is 510.